The van der Waals surface area contributed by atoms with Crippen molar-refractivity contribution in [2.45, 2.75) is 43.9 Å². The minimum atomic E-state index is -0.940. The van der Waals surface area contributed by atoms with Crippen LogP contribution in [0.1, 0.15) is 41.0 Å². The van der Waals surface area contributed by atoms with Crippen LogP contribution < -0.4 is 0 Å². The second-order valence-corrected chi connectivity index (χ2v) is 7.92. The molecule has 1 heterocycles. The van der Waals surface area contributed by atoms with Gasteiger partial charge in [-0.15, -0.1) is 0 Å². The highest BCUT2D eigenvalue weighted by Gasteiger charge is 2.58. The van der Waals surface area contributed by atoms with E-state index in [0.29, 0.717) is 17.5 Å². The molecule has 0 saturated carbocycles. The summed E-state index contributed by atoms with van der Waals surface area (Å²) in [5.41, 5.74) is -0.0255. The summed E-state index contributed by atoms with van der Waals surface area (Å²) in [6.45, 7) is 3.57. The first-order valence-corrected chi connectivity index (χ1v) is 9.91. The first-order valence-electron chi connectivity index (χ1n) is 9.91. The van der Waals surface area contributed by atoms with E-state index in [4.69, 9.17) is 18.9 Å². The molecule has 1 fully saturated rings. The predicted molar refractivity (Wildman–Crippen MR) is 109 cm³/mol. The zero-order chi connectivity index (χ0) is 21.2. The van der Waals surface area contributed by atoms with E-state index in [-0.39, 0.29) is 6.61 Å². The maximum Gasteiger partial charge on any atom is 0.338 e. The SMILES string of the molecule is CC1(C)O[C@@H]2[C@@H](OC(=O)c3ccccc3)C=CC[C@]2(COC(=O)c2ccccc2)O1. The molecule has 0 N–H and O–H groups in total. The lowest BCUT2D eigenvalue weighted by Crippen LogP contribution is -2.52. The average molecular weight is 408 g/mol. The minimum absolute atomic E-state index is 0.0153. The van der Waals surface area contributed by atoms with Crippen LogP contribution in [-0.4, -0.2) is 42.1 Å². The van der Waals surface area contributed by atoms with Gasteiger partial charge in [0.2, 0.25) is 0 Å². The number of carbonyl (C=O) groups excluding carboxylic acids is 2. The summed E-state index contributed by atoms with van der Waals surface area (Å²) in [6, 6.07) is 17.5. The lowest BCUT2D eigenvalue weighted by molar-refractivity contribution is -0.170. The van der Waals surface area contributed by atoms with Crippen molar-refractivity contribution < 1.29 is 28.5 Å². The van der Waals surface area contributed by atoms with Crippen molar-refractivity contribution in [1.82, 2.24) is 0 Å². The van der Waals surface area contributed by atoms with Crippen LogP contribution in [0.4, 0.5) is 0 Å². The highest BCUT2D eigenvalue weighted by atomic mass is 16.8. The van der Waals surface area contributed by atoms with E-state index < -0.39 is 35.5 Å². The topological polar surface area (TPSA) is 71.1 Å². The number of fused-ring (bicyclic) bond motifs is 1. The molecule has 1 saturated heterocycles. The van der Waals surface area contributed by atoms with Crippen LogP contribution in [0, 0.1) is 0 Å². The molecule has 156 valence electrons. The summed E-state index contributed by atoms with van der Waals surface area (Å²) >= 11 is 0. The Morgan fingerprint density at radius 3 is 2.20 bits per heavy atom. The van der Waals surface area contributed by atoms with E-state index in [1.165, 1.54) is 0 Å². The van der Waals surface area contributed by atoms with E-state index >= 15 is 0 Å². The van der Waals surface area contributed by atoms with Gasteiger partial charge in [-0.25, -0.2) is 9.59 Å². The number of esters is 2. The van der Waals surface area contributed by atoms with Gasteiger partial charge in [-0.2, -0.15) is 0 Å². The Kier molecular flexibility index (Phi) is 5.45. The highest BCUT2D eigenvalue weighted by Crippen LogP contribution is 2.44. The third-order valence-corrected chi connectivity index (χ3v) is 5.18. The number of hydrogen-bond donors (Lipinski definition) is 0. The van der Waals surface area contributed by atoms with Crippen LogP contribution in [0.3, 0.4) is 0 Å². The van der Waals surface area contributed by atoms with Crippen LogP contribution in [0.25, 0.3) is 0 Å². The Bertz CT molecular complexity index is 937. The molecule has 2 aromatic carbocycles. The normalized spacial score (nSPS) is 26.6. The molecule has 0 spiro atoms. The molecule has 6 heteroatoms. The summed E-state index contributed by atoms with van der Waals surface area (Å²) in [4.78, 5) is 25.0. The predicted octanol–water partition coefficient (Wildman–Crippen LogP) is 3.92. The van der Waals surface area contributed by atoms with Crippen molar-refractivity contribution in [1.29, 1.82) is 0 Å². The molecule has 4 rings (SSSR count). The fraction of sp³-hybridized carbons (Fsp3) is 0.333. The number of carbonyl (C=O) groups is 2. The van der Waals surface area contributed by atoms with Crippen LogP contribution in [0.2, 0.25) is 0 Å². The molecule has 1 aliphatic carbocycles. The number of rotatable bonds is 5. The number of benzene rings is 2. The van der Waals surface area contributed by atoms with Crippen molar-refractivity contribution in [2.24, 2.45) is 0 Å². The van der Waals surface area contributed by atoms with E-state index in [9.17, 15) is 9.59 Å². The molecule has 0 unspecified atom stereocenters. The Balaban J connectivity index is 1.52. The van der Waals surface area contributed by atoms with Gasteiger partial charge in [-0.05, 0) is 44.2 Å². The van der Waals surface area contributed by atoms with Crippen molar-refractivity contribution in [3.8, 4) is 0 Å². The summed E-state index contributed by atoms with van der Waals surface area (Å²) in [5.74, 6) is -1.80. The zero-order valence-electron chi connectivity index (χ0n) is 16.9. The number of hydrogen-bond acceptors (Lipinski definition) is 6. The van der Waals surface area contributed by atoms with Gasteiger partial charge in [0.15, 0.2) is 5.79 Å². The van der Waals surface area contributed by atoms with Gasteiger partial charge in [0.1, 0.15) is 24.4 Å². The molecule has 0 radical (unpaired) electrons. The Morgan fingerprint density at radius 1 is 0.967 bits per heavy atom. The molecular weight excluding hydrogens is 384 g/mol. The van der Waals surface area contributed by atoms with E-state index in [1.54, 1.807) is 68.5 Å². The highest BCUT2D eigenvalue weighted by molar-refractivity contribution is 5.90. The molecule has 3 atom stereocenters. The Hall–Kier alpha value is -2.96. The average Bonchev–Trinajstić information content (AvgIpc) is 3.04. The lowest BCUT2D eigenvalue weighted by atomic mass is 9.85. The van der Waals surface area contributed by atoms with Crippen molar-refractivity contribution in [3.05, 3.63) is 83.9 Å². The van der Waals surface area contributed by atoms with Gasteiger partial charge in [0, 0.05) is 6.42 Å². The van der Waals surface area contributed by atoms with E-state index in [0.717, 1.165) is 0 Å². The summed E-state index contributed by atoms with van der Waals surface area (Å²) < 4.78 is 23.6. The molecule has 2 aliphatic rings. The van der Waals surface area contributed by atoms with Crippen molar-refractivity contribution in [3.63, 3.8) is 0 Å². The molecule has 6 nitrogen and oxygen atoms in total. The van der Waals surface area contributed by atoms with Gasteiger partial charge in [-0.1, -0.05) is 42.5 Å². The van der Waals surface area contributed by atoms with Gasteiger partial charge in [0.05, 0.1) is 11.1 Å². The second-order valence-electron chi connectivity index (χ2n) is 7.92. The van der Waals surface area contributed by atoms with Gasteiger partial charge >= 0.3 is 11.9 Å². The maximum absolute atomic E-state index is 12.6. The first-order chi connectivity index (χ1) is 14.4. The van der Waals surface area contributed by atoms with Crippen molar-refractivity contribution >= 4 is 11.9 Å². The molecule has 1 aliphatic heterocycles. The molecule has 2 aromatic rings. The summed E-state index contributed by atoms with van der Waals surface area (Å²) in [7, 11) is 0. The second kappa shape index (κ2) is 8.05. The summed E-state index contributed by atoms with van der Waals surface area (Å²) in [6.07, 6.45) is 2.88. The van der Waals surface area contributed by atoms with Crippen LogP contribution in [0.15, 0.2) is 72.8 Å². The molecule has 0 amide bonds. The largest absolute Gasteiger partial charge is 0.459 e. The molecule has 0 aromatic heterocycles. The maximum atomic E-state index is 12.6. The third-order valence-electron chi connectivity index (χ3n) is 5.18. The van der Waals surface area contributed by atoms with Gasteiger partial charge < -0.3 is 18.9 Å². The quantitative estimate of drug-likeness (QED) is 0.552. The lowest BCUT2D eigenvalue weighted by Gasteiger charge is -2.37. The van der Waals surface area contributed by atoms with Gasteiger partial charge in [-0.3, -0.25) is 0 Å². The van der Waals surface area contributed by atoms with Crippen LogP contribution >= 0.6 is 0 Å². The molecule has 0 bridgehead atoms. The van der Waals surface area contributed by atoms with E-state index in [2.05, 4.69) is 0 Å². The van der Waals surface area contributed by atoms with Gasteiger partial charge in [0.25, 0.3) is 0 Å². The standard InChI is InChI=1S/C24H24O6/c1-23(2)29-20-19(28-22(26)18-12-7-4-8-13-18)14-9-15-24(20,30-23)16-27-21(25)17-10-5-3-6-11-17/h3-14,19-20H,15-16H2,1-2H3/t19-,20+,24+/m0/s1. The third kappa shape index (κ3) is 4.15. The smallest absolute Gasteiger partial charge is 0.338 e. The summed E-state index contributed by atoms with van der Waals surface area (Å²) in [5, 5.41) is 0. The van der Waals surface area contributed by atoms with Crippen LogP contribution in [-0.2, 0) is 18.9 Å². The number of ether oxygens (including phenoxy) is 4. The first kappa shape index (κ1) is 20.3. The fourth-order valence-electron chi connectivity index (χ4n) is 3.89. The van der Waals surface area contributed by atoms with E-state index in [1.807, 2.05) is 18.2 Å². The molecular formula is C24H24O6. The van der Waals surface area contributed by atoms with Crippen molar-refractivity contribution in [2.75, 3.05) is 6.61 Å². The fourth-order valence-corrected chi connectivity index (χ4v) is 3.89. The van der Waals surface area contributed by atoms with Crippen LogP contribution in [0.5, 0.6) is 0 Å². The Morgan fingerprint density at radius 2 is 1.57 bits per heavy atom. The zero-order valence-corrected chi connectivity index (χ0v) is 16.9. The monoisotopic (exact) mass is 408 g/mol. The molecule has 30 heavy (non-hydrogen) atoms. The Labute approximate surface area is 175 Å². The minimum Gasteiger partial charge on any atom is -0.459 e.